The molecule has 0 heterocycles. The molecule has 0 aliphatic rings. The lowest BCUT2D eigenvalue weighted by molar-refractivity contribution is 0.0950. The Hall–Kier alpha value is -1.64. The highest BCUT2D eigenvalue weighted by Crippen LogP contribution is 2.16. The molecular formula is C9H12BFN2O4. The zero-order valence-electron chi connectivity index (χ0n) is 8.89. The van der Waals surface area contributed by atoms with E-state index in [1.807, 2.05) is 0 Å². The molecule has 0 saturated heterocycles. The van der Waals surface area contributed by atoms with E-state index in [9.17, 15) is 9.18 Å². The summed E-state index contributed by atoms with van der Waals surface area (Å²) in [7, 11) is -2.04. The average molecular weight is 242 g/mol. The molecule has 0 spiro atoms. The van der Waals surface area contributed by atoms with Crippen molar-refractivity contribution in [2.75, 3.05) is 13.1 Å². The van der Waals surface area contributed by atoms with Gasteiger partial charge in [0.1, 0.15) is 11.6 Å². The lowest BCUT2D eigenvalue weighted by Gasteiger charge is -2.08. The predicted molar refractivity (Wildman–Crippen MR) is 58.6 cm³/mol. The number of halogens is 1. The SMILES string of the molecule is NCCNC(=O)c1ccc(OB(O)O)cc1F. The van der Waals surface area contributed by atoms with E-state index in [4.69, 9.17) is 15.8 Å². The molecule has 1 rings (SSSR count). The average Bonchev–Trinajstić information content (AvgIpc) is 2.25. The maximum atomic E-state index is 13.4. The number of hydrogen-bond acceptors (Lipinski definition) is 5. The fourth-order valence-corrected chi connectivity index (χ4v) is 1.16. The summed E-state index contributed by atoms with van der Waals surface area (Å²) < 4.78 is 17.9. The second-order valence-corrected chi connectivity index (χ2v) is 3.13. The van der Waals surface area contributed by atoms with Crippen LogP contribution in [0.2, 0.25) is 0 Å². The molecular weight excluding hydrogens is 230 g/mol. The van der Waals surface area contributed by atoms with Crippen LogP contribution in [0.4, 0.5) is 4.39 Å². The Morgan fingerprint density at radius 1 is 1.53 bits per heavy atom. The van der Waals surface area contributed by atoms with E-state index in [1.165, 1.54) is 12.1 Å². The number of benzene rings is 1. The van der Waals surface area contributed by atoms with Crippen LogP contribution < -0.4 is 15.7 Å². The van der Waals surface area contributed by atoms with Crippen LogP contribution in [0.3, 0.4) is 0 Å². The van der Waals surface area contributed by atoms with Gasteiger partial charge >= 0.3 is 7.32 Å². The van der Waals surface area contributed by atoms with Gasteiger partial charge in [-0.2, -0.15) is 0 Å². The van der Waals surface area contributed by atoms with Crippen molar-refractivity contribution < 1.29 is 23.9 Å². The fourth-order valence-electron chi connectivity index (χ4n) is 1.16. The molecule has 1 aromatic rings. The first kappa shape index (κ1) is 13.4. The highest BCUT2D eigenvalue weighted by atomic mass is 19.1. The van der Waals surface area contributed by atoms with E-state index < -0.39 is 19.0 Å². The Morgan fingerprint density at radius 3 is 2.76 bits per heavy atom. The minimum atomic E-state index is -2.04. The monoisotopic (exact) mass is 242 g/mol. The molecule has 1 aromatic carbocycles. The van der Waals surface area contributed by atoms with Gasteiger partial charge in [-0.25, -0.2) is 4.39 Å². The third kappa shape index (κ3) is 4.02. The summed E-state index contributed by atoms with van der Waals surface area (Å²) in [5.41, 5.74) is 5.02. The minimum absolute atomic E-state index is 0.0899. The van der Waals surface area contributed by atoms with Crippen molar-refractivity contribution in [2.24, 2.45) is 5.73 Å². The Bertz CT molecular complexity index is 403. The van der Waals surface area contributed by atoms with Gasteiger partial charge in [0, 0.05) is 19.2 Å². The van der Waals surface area contributed by atoms with Gasteiger partial charge in [-0.15, -0.1) is 0 Å². The second kappa shape index (κ2) is 6.19. The van der Waals surface area contributed by atoms with Gasteiger partial charge in [-0.3, -0.25) is 4.79 Å². The van der Waals surface area contributed by atoms with Gasteiger partial charge < -0.3 is 25.8 Å². The standard InChI is InChI=1S/C9H12BFN2O4/c11-8-5-6(17-10(15)16)1-2-7(8)9(14)13-4-3-12/h1-2,5,15-16H,3-4,12H2,(H,13,14). The lowest BCUT2D eigenvalue weighted by Crippen LogP contribution is -2.29. The third-order valence-corrected chi connectivity index (χ3v) is 1.86. The lowest BCUT2D eigenvalue weighted by atomic mass is 10.1. The summed E-state index contributed by atoms with van der Waals surface area (Å²) in [6.07, 6.45) is 0. The Morgan fingerprint density at radius 2 is 2.24 bits per heavy atom. The molecule has 0 aromatic heterocycles. The van der Waals surface area contributed by atoms with Gasteiger partial charge in [-0.05, 0) is 12.1 Å². The number of nitrogens with one attached hydrogen (secondary N) is 1. The molecule has 0 radical (unpaired) electrons. The number of nitrogens with two attached hydrogens (primary N) is 1. The molecule has 0 bridgehead atoms. The molecule has 0 atom stereocenters. The topological polar surface area (TPSA) is 105 Å². The van der Waals surface area contributed by atoms with E-state index in [-0.39, 0.29) is 24.4 Å². The van der Waals surface area contributed by atoms with Crippen molar-refractivity contribution in [3.63, 3.8) is 0 Å². The first-order valence-electron chi connectivity index (χ1n) is 4.85. The molecule has 92 valence electrons. The Labute approximate surface area is 97.4 Å². The van der Waals surface area contributed by atoms with Crippen LogP contribution >= 0.6 is 0 Å². The summed E-state index contributed by atoms with van der Waals surface area (Å²) in [6.45, 7) is 0.497. The molecule has 0 unspecified atom stereocenters. The maximum Gasteiger partial charge on any atom is 0.707 e. The summed E-state index contributed by atoms with van der Waals surface area (Å²) >= 11 is 0. The second-order valence-electron chi connectivity index (χ2n) is 3.13. The van der Waals surface area contributed by atoms with Crippen LogP contribution in [0.1, 0.15) is 10.4 Å². The zero-order chi connectivity index (χ0) is 12.8. The molecule has 5 N–H and O–H groups in total. The van der Waals surface area contributed by atoms with Crippen molar-refractivity contribution in [3.05, 3.63) is 29.6 Å². The van der Waals surface area contributed by atoms with Crippen molar-refractivity contribution in [3.8, 4) is 5.75 Å². The van der Waals surface area contributed by atoms with Crippen LogP contribution in [0, 0.1) is 5.82 Å². The molecule has 1 amide bonds. The summed E-state index contributed by atoms with van der Waals surface area (Å²) in [4.78, 5) is 11.4. The maximum absolute atomic E-state index is 13.4. The molecule has 0 aliphatic carbocycles. The number of carbonyl (C=O) groups excluding carboxylic acids is 1. The normalized spacial score (nSPS) is 9.88. The molecule has 8 heteroatoms. The largest absolute Gasteiger partial charge is 0.707 e. The van der Waals surface area contributed by atoms with E-state index in [2.05, 4.69) is 9.97 Å². The quantitative estimate of drug-likeness (QED) is 0.488. The highest BCUT2D eigenvalue weighted by molar-refractivity contribution is 6.33. The third-order valence-electron chi connectivity index (χ3n) is 1.86. The van der Waals surface area contributed by atoms with Crippen molar-refractivity contribution in [1.82, 2.24) is 5.32 Å². The Balaban J connectivity index is 2.78. The number of rotatable bonds is 5. The van der Waals surface area contributed by atoms with Crippen LogP contribution in [-0.4, -0.2) is 36.4 Å². The summed E-state index contributed by atoms with van der Waals surface area (Å²) in [5.74, 6) is -1.51. The first-order valence-corrected chi connectivity index (χ1v) is 4.85. The van der Waals surface area contributed by atoms with Gasteiger partial charge in [-0.1, -0.05) is 0 Å². The van der Waals surface area contributed by atoms with Crippen LogP contribution in [0.5, 0.6) is 5.75 Å². The summed E-state index contributed by atoms with van der Waals surface area (Å²) in [6, 6.07) is 3.32. The van der Waals surface area contributed by atoms with Crippen molar-refractivity contribution >= 4 is 13.2 Å². The van der Waals surface area contributed by atoms with E-state index in [1.54, 1.807) is 0 Å². The molecule has 6 nitrogen and oxygen atoms in total. The smallest absolute Gasteiger partial charge is 0.512 e. The van der Waals surface area contributed by atoms with E-state index >= 15 is 0 Å². The number of amides is 1. The minimum Gasteiger partial charge on any atom is -0.512 e. The van der Waals surface area contributed by atoms with Crippen LogP contribution in [-0.2, 0) is 0 Å². The van der Waals surface area contributed by atoms with Gasteiger partial charge in [0.2, 0.25) is 0 Å². The zero-order valence-corrected chi connectivity index (χ0v) is 8.89. The summed E-state index contributed by atoms with van der Waals surface area (Å²) in [5, 5.41) is 19.4. The van der Waals surface area contributed by atoms with E-state index in [0.717, 1.165) is 6.07 Å². The fraction of sp³-hybridized carbons (Fsp3) is 0.222. The molecule has 0 saturated carbocycles. The Kier molecular flexibility index (Phi) is 4.89. The van der Waals surface area contributed by atoms with Crippen LogP contribution in [0.15, 0.2) is 18.2 Å². The predicted octanol–water partition coefficient (Wildman–Crippen LogP) is -1.14. The van der Waals surface area contributed by atoms with Gasteiger partial charge in [0.15, 0.2) is 0 Å². The van der Waals surface area contributed by atoms with Crippen LogP contribution in [0.25, 0.3) is 0 Å². The molecule has 0 aliphatic heterocycles. The van der Waals surface area contributed by atoms with Crippen molar-refractivity contribution in [2.45, 2.75) is 0 Å². The van der Waals surface area contributed by atoms with Crippen molar-refractivity contribution in [1.29, 1.82) is 0 Å². The molecule has 0 fully saturated rings. The first-order chi connectivity index (χ1) is 8.04. The highest BCUT2D eigenvalue weighted by Gasteiger charge is 2.15. The molecule has 17 heavy (non-hydrogen) atoms. The van der Waals surface area contributed by atoms with Gasteiger partial charge in [0.25, 0.3) is 5.91 Å². The van der Waals surface area contributed by atoms with E-state index in [0.29, 0.717) is 0 Å². The van der Waals surface area contributed by atoms with Gasteiger partial charge in [0.05, 0.1) is 5.56 Å². The number of carbonyl (C=O) groups is 1. The number of hydrogen-bond donors (Lipinski definition) is 4.